The second-order valence-corrected chi connectivity index (χ2v) is 8.06. The number of hydrogen-bond donors (Lipinski definition) is 4. The van der Waals surface area contributed by atoms with Gasteiger partial charge in [0.25, 0.3) is 11.8 Å². The van der Waals surface area contributed by atoms with Gasteiger partial charge in [-0.05, 0) is 48.5 Å². The number of carbonyl (C=O) groups excluding carboxylic acids is 2. The lowest BCUT2D eigenvalue weighted by Crippen LogP contribution is -2.13. The van der Waals surface area contributed by atoms with E-state index in [0.717, 1.165) is 18.2 Å². The molecule has 6 N–H and O–H groups in total. The summed E-state index contributed by atoms with van der Waals surface area (Å²) >= 11 is 0. The molecular weight excluding hydrogens is 548 g/mol. The molecule has 0 saturated carbocycles. The Bertz CT molecular complexity index is 1760. The van der Waals surface area contributed by atoms with Crippen molar-refractivity contribution in [1.29, 1.82) is 10.5 Å². The number of nitrogen functional groups attached to an aromatic ring is 2. The highest BCUT2D eigenvalue weighted by Gasteiger charge is 2.25. The molecule has 0 spiro atoms. The maximum absolute atomic E-state index is 12.0. The van der Waals surface area contributed by atoms with Crippen LogP contribution in [0.15, 0.2) is 73.1 Å². The van der Waals surface area contributed by atoms with E-state index in [9.17, 15) is 29.8 Å². The molecule has 16 nitrogen and oxygen atoms in total. The first-order valence-corrected chi connectivity index (χ1v) is 11.4. The van der Waals surface area contributed by atoms with Gasteiger partial charge in [0.2, 0.25) is 0 Å². The summed E-state index contributed by atoms with van der Waals surface area (Å²) in [5.74, 6) is -0.571. The Kier molecular flexibility index (Phi) is 9.32. The number of nitrogens with one attached hydrogen (secondary N) is 2. The fourth-order valence-electron chi connectivity index (χ4n) is 3.13. The molecule has 0 aliphatic carbocycles. The third kappa shape index (κ3) is 7.56. The minimum absolute atomic E-state index is 0.131. The molecule has 2 aromatic carbocycles. The van der Waals surface area contributed by atoms with Crippen LogP contribution in [0.4, 0.5) is 34.4 Å². The van der Waals surface area contributed by atoms with Crippen molar-refractivity contribution in [2.24, 2.45) is 0 Å². The number of nitrogens with two attached hydrogens (primary N) is 2. The summed E-state index contributed by atoms with van der Waals surface area (Å²) in [5, 5.41) is 43.8. The number of nitriles is 2. The van der Waals surface area contributed by atoms with Gasteiger partial charge in [0.1, 0.15) is 23.8 Å². The quantitative estimate of drug-likeness (QED) is 0.148. The number of benzene rings is 2. The van der Waals surface area contributed by atoms with E-state index in [1.54, 1.807) is 24.3 Å². The summed E-state index contributed by atoms with van der Waals surface area (Å²) in [6, 6.07) is 17.2. The number of nitrogens with zero attached hydrogens (tertiary/aromatic N) is 6. The van der Waals surface area contributed by atoms with Crippen LogP contribution in [0.2, 0.25) is 0 Å². The maximum Gasteiger partial charge on any atom is 0.346 e. The number of amides is 2. The van der Waals surface area contributed by atoms with E-state index in [1.807, 2.05) is 12.1 Å². The SMILES string of the molecule is N#Cc1ccc(NC(=O)c2ccc(N)c(N)c2)nc1.N#Cc1ccc(NC(=O)c2ccc([N+](=O)[O-])c([N+](=O)[O-])c2)nc1. The monoisotopic (exact) mass is 566 g/mol. The first-order valence-electron chi connectivity index (χ1n) is 11.4. The average Bonchev–Trinajstić information content (AvgIpc) is 2.99. The van der Waals surface area contributed by atoms with Gasteiger partial charge in [-0.3, -0.25) is 29.8 Å². The zero-order valence-electron chi connectivity index (χ0n) is 21.2. The van der Waals surface area contributed by atoms with Gasteiger partial charge in [-0.1, -0.05) is 0 Å². The zero-order chi connectivity index (χ0) is 30.8. The van der Waals surface area contributed by atoms with Gasteiger partial charge in [0.05, 0.1) is 32.3 Å². The van der Waals surface area contributed by atoms with Crippen molar-refractivity contribution in [3.63, 3.8) is 0 Å². The van der Waals surface area contributed by atoms with Gasteiger partial charge in [0.15, 0.2) is 0 Å². The van der Waals surface area contributed by atoms with Gasteiger partial charge >= 0.3 is 11.4 Å². The third-order valence-electron chi connectivity index (χ3n) is 5.25. The molecule has 16 heteroatoms. The van der Waals surface area contributed by atoms with Crippen LogP contribution in [-0.4, -0.2) is 31.6 Å². The topological polar surface area (TPSA) is 270 Å². The third-order valence-corrected chi connectivity index (χ3v) is 5.25. The summed E-state index contributed by atoms with van der Waals surface area (Å²) in [6.07, 6.45) is 2.63. The summed E-state index contributed by atoms with van der Waals surface area (Å²) < 4.78 is 0. The van der Waals surface area contributed by atoms with Crippen LogP contribution in [-0.2, 0) is 0 Å². The molecule has 0 atom stereocenters. The molecule has 0 radical (unpaired) electrons. The molecule has 0 saturated heterocycles. The van der Waals surface area contributed by atoms with Gasteiger partial charge in [-0.15, -0.1) is 0 Å². The number of nitro groups is 2. The van der Waals surface area contributed by atoms with E-state index in [2.05, 4.69) is 20.6 Å². The normalized spacial score (nSPS) is 9.67. The first kappa shape index (κ1) is 29.6. The van der Waals surface area contributed by atoms with Crippen LogP contribution < -0.4 is 22.1 Å². The molecule has 0 unspecified atom stereocenters. The number of nitro benzene ring substituents is 2. The fraction of sp³-hybridized carbons (Fsp3) is 0. The van der Waals surface area contributed by atoms with Gasteiger partial charge < -0.3 is 22.1 Å². The van der Waals surface area contributed by atoms with Crippen molar-refractivity contribution in [1.82, 2.24) is 9.97 Å². The molecule has 0 fully saturated rings. The highest BCUT2D eigenvalue weighted by Crippen LogP contribution is 2.27. The average molecular weight is 566 g/mol. The lowest BCUT2D eigenvalue weighted by Gasteiger charge is -2.06. The predicted octanol–water partition coefficient (Wildman–Crippen LogP) is 3.39. The Balaban J connectivity index is 0.000000235. The molecule has 42 heavy (non-hydrogen) atoms. The second-order valence-electron chi connectivity index (χ2n) is 8.06. The molecule has 208 valence electrons. The van der Waals surface area contributed by atoms with Crippen molar-refractivity contribution in [3.05, 3.63) is 116 Å². The molecule has 4 aromatic rings. The zero-order valence-corrected chi connectivity index (χ0v) is 21.2. The Morgan fingerprint density at radius 1 is 0.690 bits per heavy atom. The predicted molar refractivity (Wildman–Crippen MR) is 149 cm³/mol. The van der Waals surface area contributed by atoms with Gasteiger partial charge in [0, 0.05) is 35.7 Å². The fourth-order valence-corrected chi connectivity index (χ4v) is 3.13. The molecule has 0 bridgehead atoms. The largest absolute Gasteiger partial charge is 0.397 e. The van der Waals surface area contributed by atoms with E-state index in [1.165, 1.54) is 30.6 Å². The van der Waals surface area contributed by atoms with Gasteiger partial charge in [-0.25, -0.2) is 9.97 Å². The number of pyridine rings is 2. The lowest BCUT2D eigenvalue weighted by atomic mass is 10.1. The number of rotatable bonds is 6. The summed E-state index contributed by atoms with van der Waals surface area (Å²) in [7, 11) is 0. The summed E-state index contributed by atoms with van der Waals surface area (Å²) in [4.78, 5) is 51.4. The smallest absolute Gasteiger partial charge is 0.346 e. The van der Waals surface area contributed by atoms with Crippen LogP contribution >= 0.6 is 0 Å². The highest BCUT2D eigenvalue weighted by atomic mass is 16.6. The number of hydrogen-bond acceptors (Lipinski definition) is 12. The minimum atomic E-state index is -0.936. The van der Waals surface area contributed by atoms with Crippen LogP contribution in [0.3, 0.4) is 0 Å². The standard InChI is InChI=1S/C13H7N5O5.C13H11N5O/c14-6-8-1-4-12(15-7-8)16-13(19)9-2-3-10(17(20)21)11(5-9)18(22)23;14-6-8-1-4-12(17-7-8)18-13(19)9-2-3-10(15)11(16)5-9/h1-5,7H,(H,15,16,19);1-5,7H,15-16H2,(H,17,18,19). The van der Waals surface area contributed by atoms with Crippen molar-refractivity contribution in [2.45, 2.75) is 0 Å². The molecular formula is C26H18N10O6. The second kappa shape index (κ2) is 13.2. The van der Waals surface area contributed by atoms with E-state index in [-0.39, 0.29) is 17.3 Å². The Hall–Kier alpha value is -6.94. The van der Waals surface area contributed by atoms with Gasteiger partial charge in [-0.2, -0.15) is 10.5 Å². The van der Waals surface area contributed by atoms with Crippen molar-refractivity contribution >= 4 is 46.2 Å². The number of aromatic nitrogens is 2. The minimum Gasteiger partial charge on any atom is -0.397 e. The van der Waals surface area contributed by atoms with Crippen LogP contribution in [0.25, 0.3) is 0 Å². The Morgan fingerprint density at radius 3 is 1.57 bits per heavy atom. The molecule has 2 heterocycles. The van der Waals surface area contributed by atoms with E-state index < -0.39 is 27.1 Å². The molecule has 0 aliphatic rings. The van der Waals surface area contributed by atoms with Crippen molar-refractivity contribution in [2.75, 3.05) is 22.1 Å². The lowest BCUT2D eigenvalue weighted by molar-refractivity contribution is -0.422. The maximum atomic E-state index is 12.0. The molecule has 4 rings (SSSR count). The summed E-state index contributed by atoms with van der Waals surface area (Å²) in [6.45, 7) is 0. The van der Waals surface area contributed by atoms with Crippen LogP contribution in [0, 0.1) is 42.9 Å². The Labute approximate surface area is 236 Å². The molecule has 2 amide bonds. The Morgan fingerprint density at radius 2 is 1.17 bits per heavy atom. The van der Waals surface area contributed by atoms with E-state index in [4.69, 9.17) is 22.0 Å². The van der Waals surface area contributed by atoms with Crippen LogP contribution in [0.5, 0.6) is 0 Å². The molecule has 0 aliphatic heterocycles. The first-order chi connectivity index (χ1) is 20.0. The summed E-state index contributed by atoms with van der Waals surface area (Å²) in [5.41, 5.74) is 11.5. The van der Waals surface area contributed by atoms with Crippen LogP contribution in [0.1, 0.15) is 31.8 Å². The highest BCUT2D eigenvalue weighted by molar-refractivity contribution is 6.05. The number of carbonyl (C=O) groups is 2. The number of anilines is 4. The van der Waals surface area contributed by atoms with Crippen molar-refractivity contribution in [3.8, 4) is 12.1 Å². The van der Waals surface area contributed by atoms with Crippen molar-refractivity contribution < 1.29 is 19.4 Å². The van der Waals surface area contributed by atoms with E-state index >= 15 is 0 Å². The van der Waals surface area contributed by atoms with E-state index in [0.29, 0.717) is 33.9 Å². The molecule has 2 aromatic heterocycles.